The highest BCUT2D eigenvalue weighted by atomic mass is 35.5. The summed E-state index contributed by atoms with van der Waals surface area (Å²) in [5.41, 5.74) is 2.63. The molecule has 1 saturated heterocycles. The molecular weight excluding hydrogens is 504 g/mol. The number of aromatic nitrogens is 4. The van der Waals surface area contributed by atoms with Crippen molar-refractivity contribution in [2.75, 3.05) is 31.1 Å². The fourth-order valence-electron chi connectivity index (χ4n) is 5.26. The number of carbonyl (C=O) groups excluding carboxylic acids is 2. The van der Waals surface area contributed by atoms with E-state index < -0.39 is 5.54 Å². The van der Waals surface area contributed by atoms with Crippen LogP contribution < -0.4 is 20.9 Å². The summed E-state index contributed by atoms with van der Waals surface area (Å²) in [6.07, 6.45) is 9.06. The van der Waals surface area contributed by atoms with E-state index >= 15 is 0 Å². The Labute approximate surface area is 227 Å². The molecule has 2 aromatic heterocycles. The van der Waals surface area contributed by atoms with Crippen LogP contribution in [0.5, 0.6) is 0 Å². The zero-order chi connectivity index (χ0) is 26.5. The summed E-state index contributed by atoms with van der Waals surface area (Å²) in [7, 11) is 0. The highest BCUT2D eigenvalue weighted by Crippen LogP contribution is 2.30. The van der Waals surface area contributed by atoms with Crippen molar-refractivity contribution >= 4 is 29.2 Å². The van der Waals surface area contributed by atoms with Crippen molar-refractivity contribution in [3.05, 3.63) is 64.8 Å². The van der Waals surface area contributed by atoms with Crippen LogP contribution in [0.15, 0.2) is 43.0 Å². The Hall–Kier alpha value is -3.50. The fourth-order valence-corrected chi connectivity index (χ4v) is 5.44. The minimum absolute atomic E-state index is 0.0392. The second kappa shape index (κ2) is 11.5. The number of piperazine rings is 1. The molecular formula is C27H33ClN8O2. The predicted octanol–water partition coefficient (Wildman–Crippen LogP) is 2.19. The molecule has 1 unspecified atom stereocenters. The van der Waals surface area contributed by atoms with E-state index in [9.17, 15) is 9.59 Å². The molecule has 2 amide bonds. The number of anilines is 1. The molecule has 1 aromatic carbocycles. The van der Waals surface area contributed by atoms with Crippen molar-refractivity contribution < 1.29 is 9.59 Å². The van der Waals surface area contributed by atoms with Crippen LogP contribution in [0.3, 0.4) is 0 Å². The Morgan fingerprint density at radius 3 is 2.84 bits per heavy atom. The highest BCUT2D eigenvalue weighted by molar-refractivity contribution is 6.29. The van der Waals surface area contributed by atoms with Gasteiger partial charge in [-0.15, -0.1) is 0 Å². The molecule has 10 nitrogen and oxygen atoms in total. The van der Waals surface area contributed by atoms with Crippen LogP contribution in [0.25, 0.3) is 5.95 Å². The first-order valence-corrected chi connectivity index (χ1v) is 13.5. The summed E-state index contributed by atoms with van der Waals surface area (Å²) in [6, 6.07) is 8.05. The van der Waals surface area contributed by atoms with Crippen LogP contribution >= 0.6 is 11.6 Å². The lowest BCUT2D eigenvalue weighted by atomic mass is 9.88. The van der Waals surface area contributed by atoms with Gasteiger partial charge in [-0.25, -0.2) is 9.97 Å². The van der Waals surface area contributed by atoms with Crippen molar-refractivity contribution in [1.82, 2.24) is 35.5 Å². The lowest BCUT2D eigenvalue weighted by Gasteiger charge is -2.46. The van der Waals surface area contributed by atoms with E-state index in [0.29, 0.717) is 37.9 Å². The molecule has 200 valence electrons. The van der Waals surface area contributed by atoms with Crippen LogP contribution in [0, 0.1) is 0 Å². The van der Waals surface area contributed by atoms with Crippen LogP contribution in [-0.2, 0) is 29.0 Å². The number of hydrogen-bond acceptors (Lipinski definition) is 7. The van der Waals surface area contributed by atoms with E-state index in [1.165, 1.54) is 17.5 Å². The Balaban J connectivity index is 1.41. The third-order valence-corrected chi connectivity index (χ3v) is 7.39. The molecule has 0 saturated carbocycles. The maximum atomic E-state index is 13.7. The van der Waals surface area contributed by atoms with Crippen molar-refractivity contribution in [3.63, 3.8) is 0 Å². The maximum absolute atomic E-state index is 13.7. The topological polar surface area (TPSA) is 117 Å². The third-order valence-electron chi connectivity index (χ3n) is 7.19. The molecule has 11 heteroatoms. The summed E-state index contributed by atoms with van der Waals surface area (Å²) in [5.74, 6) is 0.389. The summed E-state index contributed by atoms with van der Waals surface area (Å²) < 4.78 is 1.65. The Bertz CT molecular complexity index is 1300. The van der Waals surface area contributed by atoms with Gasteiger partial charge in [0.1, 0.15) is 22.8 Å². The number of nitrogens with zero attached hydrogens (tertiary/aromatic N) is 5. The van der Waals surface area contributed by atoms with Gasteiger partial charge in [-0.2, -0.15) is 4.98 Å². The van der Waals surface area contributed by atoms with Gasteiger partial charge < -0.3 is 20.9 Å². The van der Waals surface area contributed by atoms with E-state index in [-0.39, 0.29) is 29.9 Å². The van der Waals surface area contributed by atoms with Gasteiger partial charge >= 0.3 is 0 Å². The van der Waals surface area contributed by atoms with Crippen LogP contribution in [0.1, 0.15) is 42.9 Å². The lowest BCUT2D eigenvalue weighted by molar-refractivity contribution is -0.132. The van der Waals surface area contributed by atoms with E-state index in [4.69, 9.17) is 16.6 Å². The standard InChI is InChI=1S/C27H33ClN8O2/c1-2-8-31-25(38)27(15-24(37)32-16-19-6-7-20-4-3-5-21(20)13-19)17-29-10-12-36(27)23-14-22(28)33-26(34-23)35-11-9-30-18-35/h6-7,9,11,13-14,18,29H,2-5,8,10,12,15-17H2,1H3,(H,31,38)(H,32,37). The van der Waals surface area contributed by atoms with Gasteiger partial charge in [-0.1, -0.05) is 36.7 Å². The number of halogens is 1. The number of hydrogen-bond donors (Lipinski definition) is 3. The van der Waals surface area contributed by atoms with Gasteiger partial charge in [0.05, 0.1) is 6.42 Å². The molecule has 0 radical (unpaired) electrons. The largest absolute Gasteiger partial charge is 0.354 e. The maximum Gasteiger partial charge on any atom is 0.247 e. The van der Waals surface area contributed by atoms with E-state index in [1.54, 1.807) is 29.4 Å². The zero-order valence-electron chi connectivity index (χ0n) is 21.5. The molecule has 3 heterocycles. The summed E-state index contributed by atoms with van der Waals surface area (Å²) >= 11 is 6.40. The van der Waals surface area contributed by atoms with Crippen molar-refractivity contribution in [3.8, 4) is 5.95 Å². The lowest BCUT2D eigenvalue weighted by Crippen LogP contribution is -2.69. The number of nitrogens with one attached hydrogen (secondary N) is 3. The zero-order valence-corrected chi connectivity index (χ0v) is 22.3. The Morgan fingerprint density at radius 2 is 2.03 bits per heavy atom. The molecule has 3 N–H and O–H groups in total. The number of fused-ring (bicyclic) bond motifs is 1. The van der Waals surface area contributed by atoms with Crippen molar-refractivity contribution in [1.29, 1.82) is 0 Å². The van der Waals surface area contributed by atoms with E-state index in [2.05, 4.69) is 44.1 Å². The normalized spacial score (nSPS) is 18.7. The van der Waals surface area contributed by atoms with E-state index in [0.717, 1.165) is 24.8 Å². The molecule has 38 heavy (non-hydrogen) atoms. The number of benzene rings is 1. The first-order chi connectivity index (χ1) is 18.5. The predicted molar refractivity (Wildman–Crippen MR) is 145 cm³/mol. The second-order valence-electron chi connectivity index (χ2n) is 9.84. The SMILES string of the molecule is CCCNC(=O)C1(CC(=O)NCc2ccc3c(c2)CCC3)CNCCN1c1cc(Cl)nc(-n2ccnc2)n1. The van der Waals surface area contributed by atoms with Gasteiger partial charge in [0.2, 0.25) is 17.8 Å². The Kier molecular flexibility index (Phi) is 7.90. The molecule has 1 aliphatic heterocycles. The fraction of sp³-hybridized carbons (Fsp3) is 0.444. The summed E-state index contributed by atoms with van der Waals surface area (Å²) in [4.78, 5) is 42.1. The molecule has 0 bridgehead atoms. The highest BCUT2D eigenvalue weighted by Gasteiger charge is 2.48. The number of imidazole rings is 1. The summed E-state index contributed by atoms with van der Waals surface area (Å²) in [5, 5.41) is 9.62. The molecule has 2 aliphatic rings. The minimum Gasteiger partial charge on any atom is -0.354 e. The average molecular weight is 537 g/mol. The molecule has 3 aromatic rings. The quantitative estimate of drug-likeness (QED) is 0.359. The molecule has 1 fully saturated rings. The van der Waals surface area contributed by atoms with Crippen LogP contribution in [0.2, 0.25) is 5.15 Å². The third kappa shape index (κ3) is 5.51. The van der Waals surface area contributed by atoms with Crippen LogP contribution in [0.4, 0.5) is 5.82 Å². The molecule has 1 aliphatic carbocycles. The molecule has 0 spiro atoms. The second-order valence-corrected chi connectivity index (χ2v) is 10.2. The smallest absolute Gasteiger partial charge is 0.247 e. The van der Waals surface area contributed by atoms with Crippen LogP contribution in [-0.4, -0.2) is 63.1 Å². The Morgan fingerprint density at radius 1 is 1.16 bits per heavy atom. The van der Waals surface area contributed by atoms with Gasteiger partial charge in [-0.3, -0.25) is 14.2 Å². The van der Waals surface area contributed by atoms with Gasteiger partial charge in [0, 0.05) is 51.2 Å². The number of rotatable bonds is 9. The monoisotopic (exact) mass is 536 g/mol. The minimum atomic E-state index is -1.20. The molecule has 1 atom stereocenters. The van der Waals surface area contributed by atoms with E-state index in [1.807, 2.05) is 11.8 Å². The number of aryl methyl sites for hydroxylation is 2. The number of carbonyl (C=O) groups is 2. The van der Waals surface area contributed by atoms with Gasteiger partial charge in [0.25, 0.3) is 0 Å². The first-order valence-electron chi connectivity index (χ1n) is 13.2. The summed E-state index contributed by atoms with van der Waals surface area (Å²) in [6.45, 7) is 4.30. The molecule has 5 rings (SSSR count). The van der Waals surface area contributed by atoms with Crippen molar-refractivity contribution in [2.45, 2.75) is 51.1 Å². The van der Waals surface area contributed by atoms with Gasteiger partial charge in [-0.05, 0) is 42.4 Å². The van der Waals surface area contributed by atoms with Crippen molar-refractivity contribution in [2.24, 2.45) is 0 Å². The average Bonchev–Trinajstić information content (AvgIpc) is 3.63. The number of amides is 2. The first kappa shape index (κ1) is 26.1. The van der Waals surface area contributed by atoms with Gasteiger partial charge in [0.15, 0.2) is 0 Å².